The van der Waals surface area contributed by atoms with Crippen molar-refractivity contribution in [1.82, 2.24) is 9.80 Å². The van der Waals surface area contributed by atoms with E-state index in [1.165, 1.54) is 12.1 Å². The van der Waals surface area contributed by atoms with Gasteiger partial charge in [0.2, 0.25) is 0 Å². The zero-order valence-electron chi connectivity index (χ0n) is 12.2. The summed E-state index contributed by atoms with van der Waals surface area (Å²) < 4.78 is 26.8. The minimum atomic E-state index is -1.00. The van der Waals surface area contributed by atoms with Gasteiger partial charge in [-0.15, -0.1) is 0 Å². The second kappa shape index (κ2) is 6.16. The smallest absolute Gasteiger partial charge is 0.164 e. The lowest BCUT2D eigenvalue weighted by Gasteiger charge is -2.23. The van der Waals surface area contributed by atoms with Crippen molar-refractivity contribution in [3.8, 4) is 0 Å². The van der Waals surface area contributed by atoms with Gasteiger partial charge in [0, 0.05) is 31.2 Å². The molecule has 1 saturated heterocycles. The quantitative estimate of drug-likeness (QED) is 0.914. The average Bonchev–Trinajstić information content (AvgIpc) is 2.73. The predicted molar refractivity (Wildman–Crippen MR) is 74.4 cm³/mol. The Labute approximate surface area is 118 Å². The molecule has 1 fully saturated rings. The van der Waals surface area contributed by atoms with Crippen LogP contribution < -0.4 is 0 Å². The van der Waals surface area contributed by atoms with Gasteiger partial charge in [0.15, 0.2) is 11.6 Å². The van der Waals surface area contributed by atoms with Crippen LogP contribution in [0.5, 0.6) is 0 Å². The fraction of sp³-hybridized carbons (Fsp3) is 0.600. The fourth-order valence-electron chi connectivity index (χ4n) is 2.99. The van der Waals surface area contributed by atoms with Crippen LogP contribution in [0.1, 0.15) is 18.6 Å². The van der Waals surface area contributed by atoms with E-state index in [-0.39, 0.29) is 5.56 Å². The highest BCUT2D eigenvalue weighted by Gasteiger charge is 2.32. The van der Waals surface area contributed by atoms with Crippen molar-refractivity contribution in [1.29, 1.82) is 0 Å². The summed E-state index contributed by atoms with van der Waals surface area (Å²) in [5.74, 6) is -1.37. The number of halogens is 2. The number of likely N-dealkylation sites (tertiary alicyclic amines) is 1. The van der Waals surface area contributed by atoms with Crippen LogP contribution in [0.25, 0.3) is 0 Å². The molecule has 1 aromatic rings. The Hall–Kier alpha value is -1.04. The average molecular weight is 284 g/mol. The van der Waals surface area contributed by atoms with Crippen molar-refractivity contribution >= 4 is 0 Å². The first kappa shape index (κ1) is 15.4. The monoisotopic (exact) mass is 284 g/mol. The molecular formula is C15H22F2N2O. The van der Waals surface area contributed by atoms with E-state index >= 15 is 0 Å². The molecule has 20 heavy (non-hydrogen) atoms. The predicted octanol–water partition coefficient (Wildman–Crippen LogP) is 1.88. The van der Waals surface area contributed by atoms with Gasteiger partial charge in [-0.3, -0.25) is 4.90 Å². The molecule has 1 aliphatic rings. The molecule has 112 valence electrons. The highest BCUT2D eigenvalue weighted by Crippen LogP contribution is 2.25. The van der Waals surface area contributed by atoms with Gasteiger partial charge in [-0.1, -0.05) is 19.1 Å². The van der Waals surface area contributed by atoms with E-state index in [0.717, 1.165) is 19.2 Å². The highest BCUT2D eigenvalue weighted by atomic mass is 19.2. The van der Waals surface area contributed by atoms with Crippen molar-refractivity contribution in [3.63, 3.8) is 0 Å². The van der Waals surface area contributed by atoms with E-state index in [4.69, 9.17) is 0 Å². The number of β-amino-alcohol motifs (C(OH)–C–C–N with tert-alkyl or cyclic N) is 1. The van der Waals surface area contributed by atoms with Crippen LogP contribution in [0.3, 0.4) is 0 Å². The van der Waals surface area contributed by atoms with Gasteiger partial charge >= 0.3 is 0 Å². The second-order valence-electron chi connectivity index (χ2n) is 5.89. The molecule has 5 heteroatoms. The van der Waals surface area contributed by atoms with Crippen molar-refractivity contribution in [2.24, 2.45) is 5.92 Å². The normalized spacial score (nSPS) is 25.4. The number of benzene rings is 1. The Kier molecular flexibility index (Phi) is 4.73. The molecule has 0 radical (unpaired) electrons. The number of likely N-dealkylation sites (N-methyl/N-ethyl adjacent to an activating group) is 1. The summed E-state index contributed by atoms with van der Waals surface area (Å²) in [4.78, 5) is 4.27. The molecule has 0 bridgehead atoms. The van der Waals surface area contributed by atoms with E-state index in [2.05, 4.69) is 16.7 Å². The second-order valence-corrected chi connectivity index (χ2v) is 5.89. The Morgan fingerprint density at radius 2 is 2.05 bits per heavy atom. The van der Waals surface area contributed by atoms with Crippen molar-refractivity contribution < 1.29 is 13.9 Å². The third-order valence-electron chi connectivity index (χ3n) is 4.08. The Morgan fingerprint density at radius 3 is 2.65 bits per heavy atom. The summed E-state index contributed by atoms with van der Waals surface area (Å²) in [5.41, 5.74) is 0.0333. The van der Waals surface area contributed by atoms with Gasteiger partial charge in [-0.05, 0) is 26.1 Å². The van der Waals surface area contributed by atoms with Gasteiger partial charge in [-0.2, -0.15) is 0 Å². The zero-order chi connectivity index (χ0) is 14.9. The van der Waals surface area contributed by atoms with Crippen LogP contribution >= 0.6 is 0 Å². The number of aliphatic hydroxyl groups excluding tert-OH is 1. The molecule has 0 spiro atoms. The van der Waals surface area contributed by atoms with E-state index in [0.29, 0.717) is 18.5 Å². The van der Waals surface area contributed by atoms with Crippen LogP contribution in [0.2, 0.25) is 0 Å². The third kappa shape index (κ3) is 3.16. The largest absolute Gasteiger partial charge is 0.387 e. The lowest BCUT2D eigenvalue weighted by Crippen LogP contribution is -2.35. The van der Waals surface area contributed by atoms with Crippen LogP contribution in [-0.4, -0.2) is 54.7 Å². The molecule has 3 unspecified atom stereocenters. The van der Waals surface area contributed by atoms with E-state index in [1.54, 1.807) is 0 Å². The lowest BCUT2D eigenvalue weighted by molar-refractivity contribution is 0.118. The van der Waals surface area contributed by atoms with Crippen LogP contribution in [0, 0.1) is 17.6 Å². The molecule has 0 aromatic heterocycles. The lowest BCUT2D eigenvalue weighted by atomic mass is 10.1. The minimum absolute atomic E-state index is 0.0333. The van der Waals surface area contributed by atoms with E-state index < -0.39 is 17.7 Å². The summed E-state index contributed by atoms with van der Waals surface area (Å²) in [7, 11) is 4.07. The van der Waals surface area contributed by atoms with Crippen molar-refractivity contribution in [2.75, 3.05) is 33.7 Å². The summed E-state index contributed by atoms with van der Waals surface area (Å²) >= 11 is 0. The molecule has 1 aromatic carbocycles. The summed E-state index contributed by atoms with van der Waals surface area (Å²) in [6.07, 6.45) is -1.00. The minimum Gasteiger partial charge on any atom is -0.387 e. The molecule has 3 nitrogen and oxygen atoms in total. The first-order valence-electron chi connectivity index (χ1n) is 6.91. The van der Waals surface area contributed by atoms with Crippen LogP contribution in [0.4, 0.5) is 8.78 Å². The SMILES string of the molecule is CC1CN(CC(O)c2cccc(F)c2F)CC1N(C)C. The molecule has 3 atom stereocenters. The number of rotatable bonds is 4. The molecule has 0 aliphatic carbocycles. The third-order valence-corrected chi connectivity index (χ3v) is 4.08. The maximum absolute atomic E-state index is 13.6. The maximum Gasteiger partial charge on any atom is 0.164 e. The summed E-state index contributed by atoms with van der Waals surface area (Å²) in [6.45, 7) is 4.19. The van der Waals surface area contributed by atoms with Crippen LogP contribution in [0.15, 0.2) is 18.2 Å². The summed E-state index contributed by atoms with van der Waals surface area (Å²) in [5, 5.41) is 10.1. The number of aliphatic hydroxyl groups is 1. The van der Waals surface area contributed by atoms with Crippen LogP contribution in [-0.2, 0) is 0 Å². The number of nitrogens with zero attached hydrogens (tertiary/aromatic N) is 2. The highest BCUT2D eigenvalue weighted by molar-refractivity contribution is 5.21. The molecule has 0 saturated carbocycles. The maximum atomic E-state index is 13.6. The molecule has 1 aliphatic heterocycles. The van der Waals surface area contributed by atoms with Gasteiger partial charge in [-0.25, -0.2) is 8.78 Å². The zero-order valence-corrected chi connectivity index (χ0v) is 12.2. The fourth-order valence-corrected chi connectivity index (χ4v) is 2.99. The topological polar surface area (TPSA) is 26.7 Å². The van der Waals surface area contributed by atoms with Gasteiger partial charge in [0.25, 0.3) is 0 Å². The first-order chi connectivity index (χ1) is 9.40. The molecule has 1 heterocycles. The molecular weight excluding hydrogens is 262 g/mol. The Bertz CT molecular complexity index is 467. The number of hydrogen-bond donors (Lipinski definition) is 1. The van der Waals surface area contributed by atoms with E-state index in [9.17, 15) is 13.9 Å². The van der Waals surface area contributed by atoms with Crippen molar-refractivity contribution in [3.05, 3.63) is 35.4 Å². The van der Waals surface area contributed by atoms with Gasteiger partial charge in [0.05, 0.1) is 6.10 Å². The number of hydrogen-bond acceptors (Lipinski definition) is 3. The Balaban J connectivity index is 2.02. The Morgan fingerprint density at radius 1 is 1.35 bits per heavy atom. The van der Waals surface area contributed by atoms with Gasteiger partial charge < -0.3 is 10.0 Å². The van der Waals surface area contributed by atoms with Crippen molar-refractivity contribution in [2.45, 2.75) is 19.1 Å². The molecule has 1 N–H and O–H groups in total. The standard InChI is InChI=1S/C15H22F2N2O/c1-10-7-19(8-13(10)18(2)3)9-14(20)11-5-4-6-12(16)15(11)17/h4-6,10,13-14,20H,7-9H2,1-3H3. The molecule has 2 rings (SSSR count). The molecule has 0 amide bonds. The van der Waals surface area contributed by atoms with E-state index in [1.807, 2.05) is 14.1 Å². The van der Waals surface area contributed by atoms with Gasteiger partial charge in [0.1, 0.15) is 0 Å². The first-order valence-corrected chi connectivity index (χ1v) is 6.91. The summed E-state index contributed by atoms with van der Waals surface area (Å²) in [6, 6.07) is 4.35.